The first-order valence-electron chi connectivity index (χ1n) is 9.39. The van der Waals surface area contributed by atoms with Gasteiger partial charge in [-0.15, -0.1) is 0 Å². The average Bonchev–Trinajstić information content (AvgIpc) is 2.50. The van der Waals surface area contributed by atoms with Gasteiger partial charge in [-0.05, 0) is 13.3 Å². The Labute approximate surface area is 137 Å². The number of rotatable bonds is 16. The molecule has 0 aromatic carbocycles. The van der Waals surface area contributed by atoms with E-state index in [4.69, 9.17) is 0 Å². The van der Waals surface area contributed by atoms with Crippen molar-refractivity contribution in [2.45, 2.75) is 77.7 Å². The third-order valence-corrected chi connectivity index (χ3v) is 4.81. The minimum Gasteiger partial charge on any atom is -0.391 e. The first-order chi connectivity index (χ1) is 10.6. The van der Waals surface area contributed by atoms with E-state index in [9.17, 15) is 15.3 Å². The molecule has 0 radical (unpaired) electrons. The van der Waals surface area contributed by atoms with Crippen molar-refractivity contribution in [1.82, 2.24) is 0 Å². The van der Waals surface area contributed by atoms with Crippen LogP contribution in [0.4, 0.5) is 0 Å². The topological polar surface area (TPSA) is 60.7 Å². The number of unbranched alkanes of at least 4 members (excludes halogenated alkanes) is 7. The number of aliphatic hydroxyl groups excluding tert-OH is 3. The highest BCUT2D eigenvalue weighted by molar-refractivity contribution is 4.58. The molecule has 0 aliphatic rings. The smallest absolute Gasteiger partial charge is 0.105 e. The quantitative estimate of drug-likeness (QED) is 0.303. The Kier molecular flexibility index (Phi) is 14.3. The summed E-state index contributed by atoms with van der Waals surface area (Å²) < 4.78 is 0.616. The molecule has 0 amide bonds. The van der Waals surface area contributed by atoms with Gasteiger partial charge in [-0.3, -0.25) is 0 Å². The van der Waals surface area contributed by atoms with E-state index in [0.717, 1.165) is 19.4 Å². The zero-order chi connectivity index (χ0) is 16.7. The number of nitrogens with zero attached hydrogens (tertiary/aromatic N) is 1. The lowest BCUT2D eigenvalue weighted by molar-refractivity contribution is -0.929. The number of likely N-dealkylation sites (N-methyl/N-ethyl adjacent to an activating group) is 1. The second kappa shape index (κ2) is 14.4. The Balaban J connectivity index is 3.83. The molecule has 4 heteroatoms. The Morgan fingerprint density at radius 1 is 0.773 bits per heavy atom. The van der Waals surface area contributed by atoms with Crippen LogP contribution >= 0.6 is 0 Å². The molecule has 22 heavy (non-hydrogen) atoms. The van der Waals surface area contributed by atoms with E-state index >= 15 is 0 Å². The van der Waals surface area contributed by atoms with Crippen LogP contribution in [-0.4, -0.2) is 65.3 Å². The average molecular weight is 319 g/mol. The molecular formula is C18H40NO3+. The lowest BCUT2D eigenvalue weighted by atomic mass is 10.0. The van der Waals surface area contributed by atoms with Crippen molar-refractivity contribution in [2.24, 2.45) is 0 Å². The minimum atomic E-state index is -0.321. The van der Waals surface area contributed by atoms with Gasteiger partial charge in [-0.1, -0.05) is 58.3 Å². The van der Waals surface area contributed by atoms with Gasteiger partial charge < -0.3 is 19.8 Å². The second-order valence-electron chi connectivity index (χ2n) is 6.65. The molecule has 1 atom stereocenters. The summed E-state index contributed by atoms with van der Waals surface area (Å²) in [6.45, 7) is 7.25. The van der Waals surface area contributed by atoms with E-state index < -0.39 is 0 Å². The molecule has 134 valence electrons. The molecule has 0 aliphatic heterocycles. The van der Waals surface area contributed by atoms with E-state index in [-0.39, 0.29) is 19.3 Å². The van der Waals surface area contributed by atoms with Crippen molar-refractivity contribution in [3.05, 3.63) is 0 Å². The normalized spacial score (nSPS) is 13.5. The summed E-state index contributed by atoms with van der Waals surface area (Å²) in [6.07, 6.45) is 10.8. The van der Waals surface area contributed by atoms with Gasteiger partial charge in [0, 0.05) is 0 Å². The SMILES string of the molecule is CCCCCCCCCCC(O)C[N+](CC)(CCO)CCO. The van der Waals surface area contributed by atoms with Gasteiger partial charge in [-0.25, -0.2) is 0 Å². The lowest BCUT2D eigenvalue weighted by Crippen LogP contribution is -2.55. The fourth-order valence-corrected chi connectivity index (χ4v) is 3.22. The molecule has 0 saturated carbocycles. The molecule has 0 aromatic rings. The summed E-state index contributed by atoms with van der Waals surface area (Å²) in [4.78, 5) is 0. The molecule has 0 rings (SSSR count). The van der Waals surface area contributed by atoms with E-state index in [2.05, 4.69) is 13.8 Å². The molecule has 0 aliphatic carbocycles. The first-order valence-corrected chi connectivity index (χ1v) is 9.39. The Hall–Kier alpha value is -0.160. The van der Waals surface area contributed by atoms with Crippen molar-refractivity contribution in [2.75, 3.05) is 39.4 Å². The van der Waals surface area contributed by atoms with Crippen LogP contribution in [0.1, 0.15) is 71.6 Å². The van der Waals surface area contributed by atoms with E-state index in [1.165, 1.54) is 44.9 Å². The largest absolute Gasteiger partial charge is 0.391 e. The maximum Gasteiger partial charge on any atom is 0.105 e. The van der Waals surface area contributed by atoms with Crippen molar-refractivity contribution in [1.29, 1.82) is 0 Å². The third-order valence-electron chi connectivity index (χ3n) is 4.81. The van der Waals surface area contributed by atoms with E-state index in [1.807, 2.05) is 0 Å². The summed E-state index contributed by atoms with van der Waals surface area (Å²) >= 11 is 0. The molecule has 4 nitrogen and oxygen atoms in total. The van der Waals surface area contributed by atoms with Crippen molar-refractivity contribution < 1.29 is 19.8 Å². The summed E-state index contributed by atoms with van der Waals surface area (Å²) in [5.74, 6) is 0. The summed E-state index contributed by atoms with van der Waals surface area (Å²) in [6, 6.07) is 0. The highest BCUT2D eigenvalue weighted by Crippen LogP contribution is 2.14. The molecular weight excluding hydrogens is 278 g/mol. The molecule has 0 bridgehead atoms. The molecule has 0 saturated heterocycles. The van der Waals surface area contributed by atoms with Gasteiger partial charge in [0.25, 0.3) is 0 Å². The lowest BCUT2D eigenvalue weighted by Gasteiger charge is -2.38. The second-order valence-corrected chi connectivity index (χ2v) is 6.65. The minimum absolute atomic E-state index is 0.109. The van der Waals surface area contributed by atoms with Gasteiger partial charge in [0.05, 0.1) is 19.8 Å². The summed E-state index contributed by atoms with van der Waals surface area (Å²) in [5.41, 5.74) is 0. The first kappa shape index (κ1) is 21.8. The highest BCUT2D eigenvalue weighted by atomic mass is 16.3. The zero-order valence-corrected chi connectivity index (χ0v) is 15.0. The van der Waals surface area contributed by atoms with Crippen molar-refractivity contribution in [3.63, 3.8) is 0 Å². The third kappa shape index (κ3) is 10.5. The van der Waals surface area contributed by atoms with Crippen LogP contribution in [0.2, 0.25) is 0 Å². The van der Waals surface area contributed by atoms with Gasteiger partial charge in [-0.2, -0.15) is 0 Å². The van der Waals surface area contributed by atoms with Crippen LogP contribution in [0.5, 0.6) is 0 Å². The Bertz CT molecular complexity index is 230. The molecule has 3 N–H and O–H groups in total. The summed E-state index contributed by atoms with van der Waals surface area (Å²) in [7, 11) is 0. The summed E-state index contributed by atoms with van der Waals surface area (Å²) in [5, 5.41) is 28.7. The van der Waals surface area contributed by atoms with Crippen LogP contribution in [0.25, 0.3) is 0 Å². The van der Waals surface area contributed by atoms with Crippen LogP contribution < -0.4 is 0 Å². The van der Waals surface area contributed by atoms with Crippen LogP contribution in [-0.2, 0) is 0 Å². The number of quaternary nitrogens is 1. The predicted octanol–water partition coefficient (Wildman–Crippen LogP) is 2.70. The Morgan fingerprint density at radius 3 is 1.73 bits per heavy atom. The van der Waals surface area contributed by atoms with Gasteiger partial charge >= 0.3 is 0 Å². The predicted molar refractivity (Wildman–Crippen MR) is 92.8 cm³/mol. The Morgan fingerprint density at radius 2 is 1.27 bits per heavy atom. The number of hydrogen-bond donors (Lipinski definition) is 3. The monoisotopic (exact) mass is 318 g/mol. The van der Waals surface area contributed by atoms with Gasteiger partial charge in [0.1, 0.15) is 25.7 Å². The molecule has 0 spiro atoms. The van der Waals surface area contributed by atoms with Crippen molar-refractivity contribution in [3.8, 4) is 0 Å². The molecule has 0 aromatic heterocycles. The number of hydrogen-bond acceptors (Lipinski definition) is 3. The maximum absolute atomic E-state index is 10.3. The molecule has 1 unspecified atom stereocenters. The van der Waals surface area contributed by atoms with E-state index in [1.54, 1.807) is 0 Å². The van der Waals surface area contributed by atoms with Crippen LogP contribution in [0.15, 0.2) is 0 Å². The fourth-order valence-electron chi connectivity index (χ4n) is 3.22. The van der Waals surface area contributed by atoms with Crippen LogP contribution in [0, 0.1) is 0 Å². The fraction of sp³-hybridized carbons (Fsp3) is 1.00. The number of aliphatic hydroxyl groups is 3. The van der Waals surface area contributed by atoms with Gasteiger partial charge in [0.2, 0.25) is 0 Å². The molecule has 0 heterocycles. The van der Waals surface area contributed by atoms with Crippen molar-refractivity contribution >= 4 is 0 Å². The van der Waals surface area contributed by atoms with Crippen LogP contribution in [0.3, 0.4) is 0 Å². The van der Waals surface area contributed by atoms with E-state index in [0.29, 0.717) is 24.1 Å². The zero-order valence-electron chi connectivity index (χ0n) is 15.0. The highest BCUT2D eigenvalue weighted by Gasteiger charge is 2.27. The van der Waals surface area contributed by atoms with Gasteiger partial charge in [0.15, 0.2) is 0 Å². The maximum atomic E-state index is 10.3. The molecule has 0 fully saturated rings. The standard InChI is InChI=1S/C18H40NO3/c1-3-5-6-7-8-9-10-11-12-18(22)17-19(4-2,13-15-20)14-16-21/h18,20-22H,3-17H2,1-2H3/q+1.